The Balaban J connectivity index is 1.77. The van der Waals surface area contributed by atoms with Crippen LogP contribution in [-0.2, 0) is 0 Å². The average Bonchev–Trinajstić information content (AvgIpc) is 2.86. The first-order valence-electron chi connectivity index (χ1n) is 5.14. The van der Waals surface area contributed by atoms with Crippen molar-refractivity contribution in [2.45, 2.75) is 25.9 Å². The smallest absolute Gasteiger partial charge is 0.122 e. The summed E-state index contributed by atoms with van der Waals surface area (Å²) in [5.41, 5.74) is 1.17. The molecular weight excluding hydrogens is 176 g/mol. The lowest BCUT2D eigenvalue weighted by molar-refractivity contribution is 0.238. The van der Waals surface area contributed by atoms with Crippen molar-refractivity contribution >= 4 is 0 Å². The summed E-state index contributed by atoms with van der Waals surface area (Å²) in [5, 5.41) is 9.12. The summed E-state index contributed by atoms with van der Waals surface area (Å²) in [6.45, 7) is 2.76. The molecule has 0 aliphatic heterocycles. The molecule has 2 heteroatoms. The first-order chi connectivity index (χ1) is 6.77. The molecule has 0 heterocycles. The Labute approximate surface area is 84.5 Å². The predicted octanol–water partition coefficient (Wildman–Crippen LogP) is 2.14. The van der Waals surface area contributed by atoms with Crippen LogP contribution in [0.15, 0.2) is 24.3 Å². The molecule has 2 rings (SSSR count). The molecule has 2 atom stereocenters. The molecule has 1 aliphatic rings. The third kappa shape index (κ3) is 2.26. The molecule has 1 aromatic rings. The van der Waals surface area contributed by atoms with Crippen molar-refractivity contribution in [1.29, 1.82) is 0 Å². The minimum absolute atomic E-state index is 0.0597. The van der Waals surface area contributed by atoms with Crippen molar-refractivity contribution < 1.29 is 9.84 Å². The van der Waals surface area contributed by atoms with Gasteiger partial charge in [0.15, 0.2) is 0 Å². The molecule has 0 spiro atoms. The van der Waals surface area contributed by atoms with Gasteiger partial charge in [-0.05, 0) is 37.3 Å². The lowest BCUT2D eigenvalue weighted by Gasteiger charge is -2.07. The fourth-order valence-electron chi connectivity index (χ4n) is 1.58. The maximum absolute atomic E-state index is 9.12. The van der Waals surface area contributed by atoms with Crippen LogP contribution in [0.1, 0.15) is 18.4 Å². The van der Waals surface area contributed by atoms with Crippen LogP contribution in [0.4, 0.5) is 0 Å². The highest BCUT2D eigenvalue weighted by Crippen LogP contribution is 2.33. The number of para-hydroxylation sites is 1. The average molecular weight is 192 g/mol. The Morgan fingerprint density at radius 2 is 2.14 bits per heavy atom. The van der Waals surface area contributed by atoms with E-state index < -0.39 is 0 Å². The van der Waals surface area contributed by atoms with Gasteiger partial charge in [0.1, 0.15) is 5.75 Å². The van der Waals surface area contributed by atoms with E-state index in [1.165, 1.54) is 5.56 Å². The third-order valence-corrected chi connectivity index (χ3v) is 2.73. The van der Waals surface area contributed by atoms with E-state index >= 15 is 0 Å². The van der Waals surface area contributed by atoms with Crippen molar-refractivity contribution in [1.82, 2.24) is 0 Å². The van der Waals surface area contributed by atoms with Crippen LogP contribution < -0.4 is 4.74 Å². The lowest BCUT2D eigenvalue weighted by atomic mass is 10.2. The van der Waals surface area contributed by atoms with Gasteiger partial charge < -0.3 is 9.84 Å². The zero-order valence-electron chi connectivity index (χ0n) is 8.44. The number of aliphatic hydroxyl groups excluding tert-OH is 1. The maximum atomic E-state index is 9.12. The van der Waals surface area contributed by atoms with E-state index in [1.54, 1.807) is 0 Å². The van der Waals surface area contributed by atoms with Gasteiger partial charge in [0.25, 0.3) is 0 Å². The molecule has 1 fully saturated rings. The van der Waals surface area contributed by atoms with Crippen molar-refractivity contribution in [3.63, 3.8) is 0 Å². The maximum Gasteiger partial charge on any atom is 0.122 e. The monoisotopic (exact) mass is 192 g/mol. The lowest BCUT2D eigenvalue weighted by Crippen LogP contribution is -2.01. The number of rotatable bonds is 4. The Bertz CT molecular complexity index is 309. The second-order valence-corrected chi connectivity index (χ2v) is 3.97. The van der Waals surface area contributed by atoms with Crippen LogP contribution in [0, 0.1) is 12.8 Å². The normalized spacial score (nSPS) is 24.7. The summed E-state index contributed by atoms with van der Waals surface area (Å²) in [7, 11) is 0. The molecule has 2 unspecified atom stereocenters. The Kier molecular flexibility index (Phi) is 2.73. The second-order valence-electron chi connectivity index (χ2n) is 3.97. The summed E-state index contributed by atoms with van der Waals surface area (Å²) >= 11 is 0. The van der Waals surface area contributed by atoms with Gasteiger partial charge in [-0.1, -0.05) is 18.2 Å². The van der Waals surface area contributed by atoms with Gasteiger partial charge in [0.2, 0.25) is 0 Å². The fraction of sp³-hybridized carbons (Fsp3) is 0.500. The standard InChI is InChI=1S/C12H16O2/c1-9-4-2-3-5-12(9)14-7-6-10-8-11(10)13/h2-5,10-11,13H,6-8H2,1H3. The Morgan fingerprint density at radius 3 is 2.79 bits per heavy atom. The summed E-state index contributed by atoms with van der Waals surface area (Å²) in [5.74, 6) is 1.45. The molecule has 14 heavy (non-hydrogen) atoms. The molecular formula is C12H16O2. The summed E-state index contributed by atoms with van der Waals surface area (Å²) in [4.78, 5) is 0. The predicted molar refractivity (Wildman–Crippen MR) is 55.4 cm³/mol. The molecule has 1 aliphatic carbocycles. The Morgan fingerprint density at radius 1 is 1.43 bits per heavy atom. The molecule has 0 saturated heterocycles. The zero-order valence-corrected chi connectivity index (χ0v) is 8.44. The SMILES string of the molecule is Cc1ccccc1OCCC1CC1O. The van der Waals surface area contributed by atoms with Crippen molar-refractivity contribution in [3.05, 3.63) is 29.8 Å². The van der Waals surface area contributed by atoms with Crippen LogP contribution >= 0.6 is 0 Å². The van der Waals surface area contributed by atoms with E-state index in [9.17, 15) is 0 Å². The number of ether oxygens (including phenoxy) is 1. The van der Waals surface area contributed by atoms with Crippen molar-refractivity contribution in [2.75, 3.05) is 6.61 Å². The molecule has 1 N–H and O–H groups in total. The fourth-order valence-corrected chi connectivity index (χ4v) is 1.58. The molecule has 0 radical (unpaired) electrons. The molecule has 0 amide bonds. The van der Waals surface area contributed by atoms with E-state index in [2.05, 4.69) is 0 Å². The molecule has 2 nitrogen and oxygen atoms in total. The van der Waals surface area contributed by atoms with Crippen LogP contribution in [0.25, 0.3) is 0 Å². The van der Waals surface area contributed by atoms with Gasteiger partial charge in [-0.25, -0.2) is 0 Å². The third-order valence-electron chi connectivity index (χ3n) is 2.73. The van der Waals surface area contributed by atoms with Gasteiger partial charge >= 0.3 is 0 Å². The topological polar surface area (TPSA) is 29.5 Å². The highest BCUT2D eigenvalue weighted by Gasteiger charge is 2.34. The van der Waals surface area contributed by atoms with Gasteiger partial charge in [-0.15, -0.1) is 0 Å². The first kappa shape index (κ1) is 9.53. The number of aryl methyl sites for hydroxylation is 1. The van der Waals surface area contributed by atoms with Crippen LogP contribution in [-0.4, -0.2) is 17.8 Å². The van der Waals surface area contributed by atoms with E-state index in [0.29, 0.717) is 12.5 Å². The number of benzene rings is 1. The highest BCUT2D eigenvalue weighted by molar-refractivity contribution is 5.31. The number of hydrogen-bond donors (Lipinski definition) is 1. The molecule has 1 aromatic carbocycles. The molecule has 0 bridgehead atoms. The zero-order chi connectivity index (χ0) is 9.97. The van der Waals surface area contributed by atoms with Crippen LogP contribution in [0.2, 0.25) is 0 Å². The van der Waals surface area contributed by atoms with E-state index in [4.69, 9.17) is 9.84 Å². The quantitative estimate of drug-likeness (QED) is 0.792. The molecule has 0 aromatic heterocycles. The summed E-state index contributed by atoms with van der Waals surface area (Å²) in [6.07, 6.45) is 1.86. The van der Waals surface area contributed by atoms with Crippen molar-refractivity contribution in [3.8, 4) is 5.75 Å². The van der Waals surface area contributed by atoms with Crippen LogP contribution in [0.5, 0.6) is 5.75 Å². The molecule has 1 saturated carbocycles. The highest BCUT2D eigenvalue weighted by atomic mass is 16.5. The van der Waals surface area contributed by atoms with E-state index in [-0.39, 0.29) is 6.10 Å². The largest absolute Gasteiger partial charge is 0.493 e. The second kappa shape index (κ2) is 4.01. The number of hydrogen-bond acceptors (Lipinski definition) is 2. The summed E-state index contributed by atoms with van der Waals surface area (Å²) in [6, 6.07) is 8.01. The van der Waals surface area contributed by atoms with Crippen molar-refractivity contribution in [2.24, 2.45) is 5.92 Å². The molecule has 76 valence electrons. The van der Waals surface area contributed by atoms with Gasteiger partial charge in [-0.3, -0.25) is 0 Å². The number of aliphatic hydroxyl groups is 1. The first-order valence-corrected chi connectivity index (χ1v) is 5.14. The van der Waals surface area contributed by atoms with Gasteiger partial charge in [0, 0.05) is 0 Å². The van der Waals surface area contributed by atoms with E-state index in [0.717, 1.165) is 18.6 Å². The van der Waals surface area contributed by atoms with E-state index in [1.807, 2.05) is 31.2 Å². The summed E-state index contributed by atoms with van der Waals surface area (Å²) < 4.78 is 5.62. The minimum Gasteiger partial charge on any atom is -0.493 e. The Hall–Kier alpha value is -1.02. The van der Waals surface area contributed by atoms with Crippen LogP contribution in [0.3, 0.4) is 0 Å². The minimum atomic E-state index is -0.0597. The van der Waals surface area contributed by atoms with Gasteiger partial charge in [-0.2, -0.15) is 0 Å². The van der Waals surface area contributed by atoms with Gasteiger partial charge in [0.05, 0.1) is 12.7 Å².